The van der Waals surface area contributed by atoms with E-state index in [-0.39, 0.29) is 10.6 Å². The number of nitrogens with one attached hydrogen (secondary N) is 1. The number of urea groups is 1. The summed E-state index contributed by atoms with van der Waals surface area (Å²) < 4.78 is 17.2. The van der Waals surface area contributed by atoms with Crippen LogP contribution in [-0.4, -0.2) is 18.1 Å². The van der Waals surface area contributed by atoms with Crippen molar-refractivity contribution in [3.8, 4) is 10.4 Å². The van der Waals surface area contributed by atoms with Crippen LogP contribution in [0.1, 0.15) is 10.4 Å². The third-order valence-electron chi connectivity index (χ3n) is 2.51. The zero-order valence-corrected chi connectivity index (χ0v) is 11.8. The highest BCUT2D eigenvalue weighted by Gasteiger charge is 2.21. The highest BCUT2D eigenvalue weighted by atomic mass is 32.1. The first kappa shape index (κ1) is 15.4. The van der Waals surface area contributed by atoms with Crippen molar-refractivity contribution >= 4 is 34.4 Å². The van der Waals surface area contributed by atoms with E-state index in [1.165, 1.54) is 30.3 Å². The number of carbonyl (C=O) groups excluding carboxylic acids is 3. The van der Waals surface area contributed by atoms with Gasteiger partial charge < -0.3 is 16.2 Å². The molecule has 2 rings (SSSR count). The van der Waals surface area contributed by atoms with Gasteiger partial charge in [0.05, 0.1) is 5.56 Å². The minimum Gasteiger partial charge on any atom is -0.373 e. The fourth-order valence-corrected chi connectivity index (χ4v) is 2.70. The van der Waals surface area contributed by atoms with E-state index in [1.54, 1.807) is 0 Å². The molecule has 0 aliphatic rings. The van der Waals surface area contributed by atoms with E-state index in [0.717, 1.165) is 11.3 Å². The van der Waals surface area contributed by atoms with Gasteiger partial charge in [-0.1, -0.05) is 12.1 Å². The van der Waals surface area contributed by atoms with Crippen molar-refractivity contribution < 1.29 is 23.5 Å². The van der Waals surface area contributed by atoms with Gasteiger partial charge in [-0.15, -0.1) is 11.3 Å². The number of amides is 3. The third-order valence-corrected chi connectivity index (χ3v) is 3.61. The van der Waals surface area contributed by atoms with Crippen molar-refractivity contribution in [1.29, 1.82) is 0 Å². The zero-order chi connectivity index (χ0) is 16.3. The molecule has 1 aromatic heterocycles. The molecule has 9 heteroatoms. The summed E-state index contributed by atoms with van der Waals surface area (Å²) in [6.45, 7) is 0. The highest BCUT2D eigenvalue weighted by Crippen LogP contribution is 2.35. The second kappa shape index (κ2) is 6.22. The fraction of sp³-hybridized carbons (Fsp3) is 0. The maximum atomic E-state index is 12.9. The van der Waals surface area contributed by atoms with Crippen LogP contribution >= 0.6 is 11.3 Å². The van der Waals surface area contributed by atoms with Gasteiger partial charge in [0.15, 0.2) is 0 Å². The summed E-state index contributed by atoms with van der Waals surface area (Å²) >= 11 is 1.01. The summed E-state index contributed by atoms with van der Waals surface area (Å²) in [4.78, 5) is 34.0. The van der Waals surface area contributed by atoms with Gasteiger partial charge >= 0.3 is 18.1 Å². The molecule has 0 unspecified atom stereocenters. The molecule has 0 saturated carbocycles. The van der Waals surface area contributed by atoms with Gasteiger partial charge in [-0.05, 0) is 23.8 Å². The Kier molecular flexibility index (Phi) is 4.37. The predicted molar refractivity (Wildman–Crippen MR) is 77.9 cm³/mol. The summed E-state index contributed by atoms with van der Waals surface area (Å²) in [6.07, 6.45) is -1.27. The van der Waals surface area contributed by atoms with Crippen molar-refractivity contribution in [2.45, 2.75) is 0 Å². The zero-order valence-electron chi connectivity index (χ0n) is 11.0. The Bertz CT molecular complexity index is 742. The van der Waals surface area contributed by atoms with E-state index in [4.69, 9.17) is 11.5 Å². The summed E-state index contributed by atoms with van der Waals surface area (Å²) in [5.41, 5.74) is 10.3. The van der Waals surface area contributed by atoms with E-state index in [2.05, 4.69) is 10.1 Å². The lowest BCUT2D eigenvalue weighted by atomic mass is 10.1. The molecule has 114 valence electrons. The Morgan fingerprint density at radius 2 is 1.77 bits per heavy atom. The molecule has 0 aliphatic heterocycles. The first-order valence-corrected chi connectivity index (χ1v) is 6.66. The number of esters is 1. The average molecular weight is 323 g/mol. The van der Waals surface area contributed by atoms with Crippen LogP contribution in [0.25, 0.3) is 10.4 Å². The first-order chi connectivity index (χ1) is 10.4. The highest BCUT2D eigenvalue weighted by molar-refractivity contribution is 7.20. The normalized spacial score (nSPS) is 10.0. The predicted octanol–water partition coefficient (Wildman–Crippen LogP) is 2.28. The van der Waals surface area contributed by atoms with Gasteiger partial charge in [-0.25, -0.2) is 18.8 Å². The number of halogens is 1. The standard InChI is InChI=1S/C13H10FN3O4S/c14-7-3-1-6(2-4-7)9-5-8(11(18)21-13(16)20)10(22-9)17-12(15)19/h1-5H,(H2,16,20)(H3,15,17,19). The van der Waals surface area contributed by atoms with E-state index in [9.17, 15) is 18.8 Å². The molecule has 0 radical (unpaired) electrons. The molecule has 7 nitrogen and oxygen atoms in total. The van der Waals surface area contributed by atoms with Gasteiger partial charge in [0.1, 0.15) is 10.8 Å². The molecule has 22 heavy (non-hydrogen) atoms. The van der Waals surface area contributed by atoms with E-state index in [0.29, 0.717) is 10.4 Å². The number of hydrogen-bond acceptors (Lipinski definition) is 5. The minimum absolute atomic E-state index is 0.0816. The lowest BCUT2D eigenvalue weighted by Crippen LogP contribution is -2.22. The van der Waals surface area contributed by atoms with Gasteiger partial charge in [0.25, 0.3) is 0 Å². The average Bonchev–Trinajstić information content (AvgIpc) is 2.82. The number of primary amides is 2. The maximum absolute atomic E-state index is 12.9. The van der Waals surface area contributed by atoms with Crippen LogP contribution in [0, 0.1) is 5.82 Å². The number of thiophene rings is 1. The smallest absolute Gasteiger partial charge is 0.373 e. The molecule has 0 saturated heterocycles. The largest absolute Gasteiger partial charge is 0.412 e. The van der Waals surface area contributed by atoms with Crippen LogP contribution in [-0.2, 0) is 4.74 Å². The van der Waals surface area contributed by atoms with Crippen LogP contribution in [0.15, 0.2) is 30.3 Å². The van der Waals surface area contributed by atoms with Gasteiger partial charge in [0.2, 0.25) is 0 Å². The quantitative estimate of drug-likeness (QED) is 0.592. The van der Waals surface area contributed by atoms with Crippen molar-refractivity contribution in [3.63, 3.8) is 0 Å². The number of hydrogen-bond donors (Lipinski definition) is 3. The molecule has 0 fully saturated rings. The summed E-state index contributed by atoms with van der Waals surface area (Å²) in [5.74, 6) is -1.44. The Morgan fingerprint density at radius 1 is 1.14 bits per heavy atom. The molecule has 5 N–H and O–H groups in total. The number of benzene rings is 1. The maximum Gasteiger partial charge on any atom is 0.412 e. The molecular formula is C13H10FN3O4S. The molecule has 0 bridgehead atoms. The van der Waals surface area contributed by atoms with Crippen LogP contribution in [0.5, 0.6) is 0 Å². The summed E-state index contributed by atoms with van der Waals surface area (Å²) in [6, 6.07) is 5.99. The van der Waals surface area contributed by atoms with Crippen LogP contribution < -0.4 is 16.8 Å². The Balaban J connectivity index is 2.42. The lowest BCUT2D eigenvalue weighted by molar-refractivity contribution is 0.0640. The molecule has 0 aliphatic carbocycles. The number of anilines is 1. The summed E-state index contributed by atoms with van der Waals surface area (Å²) in [7, 11) is 0. The second-order valence-corrected chi connectivity index (χ2v) is 5.11. The topological polar surface area (TPSA) is 125 Å². The van der Waals surface area contributed by atoms with Crippen LogP contribution in [0.2, 0.25) is 0 Å². The van der Waals surface area contributed by atoms with Gasteiger partial charge in [0, 0.05) is 4.88 Å². The monoisotopic (exact) mass is 323 g/mol. The minimum atomic E-state index is -1.27. The Hall–Kier alpha value is -2.94. The van der Waals surface area contributed by atoms with Gasteiger partial charge in [-0.2, -0.15) is 0 Å². The molecule has 1 aromatic carbocycles. The van der Waals surface area contributed by atoms with Crippen LogP contribution in [0.4, 0.5) is 19.0 Å². The third kappa shape index (κ3) is 3.58. The molecule has 0 spiro atoms. The van der Waals surface area contributed by atoms with E-state index >= 15 is 0 Å². The van der Waals surface area contributed by atoms with Gasteiger partial charge in [-0.3, -0.25) is 5.32 Å². The second-order valence-electron chi connectivity index (χ2n) is 4.06. The summed E-state index contributed by atoms with van der Waals surface area (Å²) in [5, 5.41) is 2.35. The number of rotatable bonds is 3. The number of nitrogens with two attached hydrogens (primary N) is 2. The molecular weight excluding hydrogens is 313 g/mol. The molecule has 1 heterocycles. The van der Waals surface area contributed by atoms with Crippen LogP contribution in [0.3, 0.4) is 0 Å². The fourth-order valence-electron chi connectivity index (χ4n) is 1.65. The number of carbonyl (C=O) groups is 3. The van der Waals surface area contributed by atoms with E-state index in [1.807, 2.05) is 0 Å². The lowest BCUT2D eigenvalue weighted by Gasteiger charge is -2.01. The van der Waals surface area contributed by atoms with E-state index < -0.39 is 23.9 Å². The van der Waals surface area contributed by atoms with Crippen molar-refractivity contribution in [2.24, 2.45) is 11.5 Å². The SMILES string of the molecule is NC(=O)Nc1sc(-c2ccc(F)cc2)cc1C(=O)OC(N)=O. The van der Waals surface area contributed by atoms with Crippen molar-refractivity contribution in [3.05, 3.63) is 41.7 Å². The Morgan fingerprint density at radius 3 is 2.32 bits per heavy atom. The van der Waals surface area contributed by atoms with Crippen molar-refractivity contribution in [2.75, 3.05) is 5.32 Å². The Labute approximate surface area is 127 Å². The molecule has 0 atom stereocenters. The number of ether oxygens (including phenoxy) is 1. The molecule has 3 amide bonds. The first-order valence-electron chi connectivity index (χ1n) is 5.84. The van der Waals surface area contributed by atoms with Crippen molar-refractivity contribution in [1.82, 2.24) is 0 Å². The molecule has 2 aromatic rings.